The first-order valence-electron chi connectivity index (χ1n) is 14.4. The highest BCUT2D eigenvalue weighted by atomic mass is 35.7. The van der Waals surface area contributed by atoms with Crippen molar-refractivity contribution in [1.82, 2.24) is 0 Å². The Kier molecular flexibility index (Phi) is 49.0. The van der Waals surface area contributed by atoms with Crippen LogP contribution < -0.4 is 0 Å². The van der Waals surface area contributed by atoms with Crippen molar-refractivity contribution in [2.24, 2.45) is 0 Å². The number of halogens is 2. The maximum Gasteiger partial charge on any atom is 0.361 e. The van der Waals surface area contributed by atoms with E-state index < -0.39 is 23.6 Å². The van der Waals surface area contributed by atoms with Crippen LogP contribution in [0.25, 0.3) is 0 Å². The summed E-state index contributed by atoms with van der Waals surface area (Å²) in [6, 6.07) is 0. The number of ether oxygens (including phenoxy) is 10. The molecular weight excluding hydrogens is 699 g/mol. The van der Waals surface area contributed by atoms with E-state index in [2.05, 4.69) is 6.55 Å². The summed E-state index contributed by atoms with van der Waals surface area (Å²) in [7, 11) is 7.32. The molecule has 0 heterocycles. The third kappa shape index (κ3) is 44.7. The smallest absolute Gasteiger partial charge is 0.361 e. The Morgan fingerprint density at radius 2 is 0.696 bits per heavy atom. The standard InChI is InChI=1S/C11H26O6Si.C10H24O5Si.C5H12Cl2O2Si.2CH4/c1-12-5-8-15-11-18(4,16-9-6-13-2)17-10-7-14-3;1-11-5-7-14-10-16(4,9-13-3)15-8-6-12-2;1-8-3-4-9-5-10(2,6)7;;/h5-11H2,1-4H3;5-10H2,1-4H3;3-5H2,1-2H3;2*1H4. The maximum atomic E-state index is 5.81. The van der Waals surface area contributed by atoms with E-state index in [0.717, 1.165) is 0 Å². The van der Waals surface area contributed by atoms with Crippen LogP contribution >= 0.6 is 22.2 Å². The molecule has 0 saturated heterocycles. The summed E-state index contributed by atoms with van der Waals surface area (Å²) in [6.45, 7) is 10.7. The Balaban J connectivity index is -0.000000185. The summed E-state index contributed by atoms with van der Waals surface area (Å²) >= 11 is 11.5. The van der Waals surface area contributed by atoms with Crippen molar-refractivity contribution in [3.63, 3.8) is 0 Å². The number of methoxy groups -OCH3 is 7. The Hall–Kier alpha value is 0.711. The fourth-order valence-corrected chi connectivity index (χ4v) is 7.61. The molecule has 0 aromatic heterocycles. The van der Waals surface area contributed by atoms with E-state index >= 15 is 0 Å². The van der Waals surface area contributed by atoms with E-state index in [-0.39, 0.29) is 14.9 Å². The van der Waals surface area contributed by atoms with Crippen LogP contribution in [0, 0.1) is 0 Å². The molecule has 0 aliphatic carbocycles. The van der Waals surface area contributed by atoms with Crippen LogP contribution in [0.2, 0.25) is 19.6 Å². The van der Waals surface area contributed by atoms with Crippen molar-refractivity contribution in [3.8, 4) is 0 Å². The van der Waals surface area contributed by atoms with Gasteiger partial charge in [0.25, 0.3) is 6.69 Å². The first kappa shape index (κ1) is 56.1. The third-order valence-electron chi connectivity index (χ3n) is 5.00. The van der Waals surface area contributed by atoms with Gasteiger partial charge in [-0.1, -0.05) is 14.9 Å². The lowest BCUT2D eigenvalue weighted by atomic mass is 10.8. The zero-order chi connectivity index (χ0) is 34.0. The molecule has 46 heavy (non-hydrogen) atoms. The lowest BCUT2D eigenvalue weighted by molar-refractivity contribution is 0.0479. The van der Waals surface area contributed by atoms with E-state index in [1.165, 1.54) is 0 Å². The molecule has 0 aliphatic rings. The SMILES string of the molecule is C.C.COCCOC[Si](C)(COC)OCCOC.COCCOC[Si](C)(Cl)Cl.COCCOC[Si](C)(OCCOC)OCCOC. The van der Waals surface area contributed by atoms with Crippen molar-refractivity contribution in [3.05, 3.63) is 0 Å². The van der Waals surface area contributed by atoms with Gasteiger partial charge in [-0.3, -0.25) is 0 Å². The van der Waals surface area contributed by atoms with Crippen molar-refractivity contribution in [2.75, 3.05) is 154 Å². The second kappa shape index (κ2) is 40.1. The van der Waals surface area contributed by atoms with Crippen LogP contribution in [0.5, 0.6) is 0 Å². The Labute approximate surface area is 294 Å². The average Bonchev–Trinajstić information content (AvgIpc) is 2.97. The molecule has 18 heteroatoms. The molecule has 13 nitrogen and oxygen atoms in total. The number of rotatable bonds is 29. The van der Waals surface area contributed by atoms with Crippen LogP contribution in [0.1, 0.15) is 14.9 Å². The molecule has 0 bridgehead atoms. The van der Waals surface area contributed by atoms with Crippen molar-refractivity contribution >= 4 is 45.7 Å². The minimum Gasteiger partial charge on any atom is -0.410 e. The average molecular weight is 770 g/mol. The third-order valence-corrected chi connectivity index (χ3v) is 11.3. The van der Waals surface area contributed by atoms with Gasteiger partial charge in [-0.2, -0.15) is 0 Å². The molecule has 0 radical (unpaired) electrons. The molecule has 0 spiro atoms. The predicted octanol–water partition coefficient (Wildman–Crippen LogP) is 4.21. The zero-order valence-electron chi connectivity index (χ0n) is 28.9. The summed E-state index contributed by atoms with van der Waals surface area (Å²) in [6.07, 6.45) is 2.20. The Bertz CT molecular complexity index is 565. The Morgan fingerprint density at radius 3 is 1.04 bits per heavy atom. The maximum absolute atomic E-state index is 5.81. The molecule has 1 unspecified atom stereocenters. The predicted molar refractivity (Wildman–Crippen MR) is 193 cm³/mol. The Morgan fingerprint density at radius 1 is 0.370 bits per heavy atom. The van der Waals surface area contributed by atoms with Gasteiger partial charge in [-0.05, 0) is 19.6 Å². The minimum atomic E-state index is -2.31. The van der Waals surface area contributed by atoms with Gasteiger partial charge >= 0.3 is 8.56 Å². The highest BCUT2D eigenvalue weighted by molar-refractivity contribution is 7.44. The number of hydrogen-bond donors (Lipinski definition) is 0. The molecule has 0 aromatic carbocycles. The van der Waals surface area contributed by atoms with Gasteiger partial charge in [0.05, 0.1) is 104 Å². The summed E-state index contributed by atoms with van der Waals surface area (Å²) in [5.74, 6) is 0. The van der Waals surface area contributed by atoms with Gasteiger partial charge in [0, 0.05) is 49.8 Å². The van der Waals surface area contributed by atoms with E-state index in [0.29, 0.717) is 104 Å². The van der Waals surface area contributed by atoms with Crippen LogP contribution in [-0.4, -0.2) is 178 Å². The van der Waals surface area contributed by atoms with E-state index in [4.69, 9.17) is 82.8 Å². The summed E-state index contributed by atoms with van der Waals surface area (Å²) in [5, 5.41) is 0. The van der Waals surface area contributed by atoms with Crippen LogP contribution in [0.15, 0.2) is 0 Å². The fourth-order valence-electron chi connectivity index (χ4n) is 2.83. The van der Waals surface area contributed by atoms with E-state index in [1.807, 2.05) is 13.1 Å². The monoisotopic (exact) mass is 768 g/mol. The second-order valence-electron chi connectivity index (χ2n) is 9.75. The van der Waals surface area contributed by atoms with Crippen molar-refractivity contribution in [2.45, 2.75) is 34.5 Å². The summed E-state index contributed by atoms with van der Waals surface area (Å²) in [5.41, 5.74) is 0. The van der Waals surface area contributed by atoms with Crippen molar-refractivity contribution in [1.29, 1.82) is 0 Å². The molecule has 0 aromatic rings. The molecule has 1 atom stereocenters. The van der Waals surface area contributed by atoms with Gasteiger partial charge in [0.1, 0.15) is 0 Å². The van der Waals surface area contributed by atoms with Gasteiger partial charge in [-0.15, -0.1) is 22.2 Å². The summed E-state index contributed by atoms with van der Waals surface area (Å²) < 4.78 is 68.1. The van der Waals surface area contributed by atoms with Crippen LogP contribution in [0.3, 0.4) is 0 Å². The van der Waals surface area contributed by atoms with Gasteiger partial charge in [-0.25, -0.2) is 0 Å². The normalized spacial score (nSPS) is 12.5. The molecular formula is C28H70Cl2O13Si3. The first-order valence-corrected chi connectivity index (χ1v) is 24.5. The molecule has 0 fully saturated rings. The first-order chi connectivity index (χ1) is 20.9. The molecule has 0 aliphatic heterocycles. The summed E-state index contributed by atoms with van der Waals surface area (Å²) in [4.78, 5) is 0. The van der Waals surface area contributed by atoms with Crippen LogP contribution in [-0.2, 0) is 60.6 Å². The van der Waals surface area contributed by atoms with Gasteiger partial charge in [0.15, 0.2) is 0 Å². The zero-order valence-corrected chi connectivity index (χ0v) is 33.4. The molecule has 0 rings (SSSR count). The van der Waals surface area contributed by atoms with Gasteiger partial charge < -0.3 is 60.6 Å². The second-order valence-corrected chi connectivity index (χ2v) is 24.7. The highest BCUT2D eigenvalue weighted by Crippen LogP contribution is 2.13. The lowest BCUT2D eigenvalue weighted by Gasteiger charge is -2.26. The largest absolute Gasteiger partial charge is 0.410 e. The topological polar surface area (TPSA) is 120 Å². The quantitative estimate of drug-likeness (QED) is 0.0615. The molecule has 286 valence electrons. The molecule has 0 amide bonds. The highest BCUT2D eigenvalue weighted by Gasteiger charge is 2.32. The molecule has 0 N–H and O–H groups in total. The van der Waals surface area contributed by atoms with Gasteiger partial charge in [0.2, 0.25) is 8.32 Å². The lowest BCUT2D eigenvalue weighted by Crippen LogP contribution is -2.46. The van der Waals surface area contributed by atoms with Crippen LogP contribution in [0.4, 0.5) is 0 Å². The number of hydrogen-bond acceptors (Lipinski definition) is 13. The minimum absolute atomic E-state index is 0. The fraction of sp³-hybridized carbons (Fsp3) is 1.00. The van der Waals surface area contributed by atoms with E-state index in [1.54, 1.807) is 49.8 Å². The van der Waals surface area contributed by atoms with Crippen molar-refractivity contribution < 1.29 is 60.6 Å². The molecule has 0 saturated carbocycles. The van der Waals surface area contributed by atoms with E-state index in [9.17, 15) is 0 Å².